The van der Waals surface area contributed by atoms with E-state index in [2.05, 4.69) is 64.1 Å². The minimum atomic E-state index is -0.487. The summed E-state index contributed by atoms with van der Waals surface area (Å²) in [6, 6.07) is 26.8. The average molecular weight is 460 g/mol. The molecule has 172 valence electrons. The monoisotopic (exact) mass is 460 g/mol. The van der Waals surface area contributed by atoms with E-state index in [9.17, 15) is 0 Å². The first kappa shape index (κ1) is 20.8. The van der Waals surface area contributed by atoms with Crippen LogP contribution in [-0.2, 0) is 9.31 Å². The molecule has 4 aromatic carbocycles. The van der Waals surface area contributed by atoms with Gasteiger partial charge in [-0.05, 0) is 56.9 Å². The molecule has 5 heteroatoms. The summed E-state index contributed by atoms with van der Waals surface area (Å²) in [6.45, 7) is 8.31. The van der Waals surface area contributed by atoms with Gasteiger partial charge in [-0.2, -0.15) is 0 Å². The number of fused-ring (bicyclic) bond motifs is 6. The number of hydrogen-bond acceptors (Lipinski definition) is 4. The number of benzene rings is 4. The van der Waals surface area contributed by atoms with Gasteiger partial charge < -0.3 is 18.1 Å². The minimum absolute atomic E-state index is 0.429. The van der Waals surface area contributed by atoms with E-state index in [1.807, 2.05) is 42.5 Å². The SMILES string of the molecule is CC1(C)OB(c2cccc3oc4cccc(-c5cccc6c5oc5ccccc56)c4c23)OC1(C)C. The summed E-state index contributed by atoms with van der Waals surface area (Å²) in [5, 5.41) is 4.28. The maximum absolute atomic E-state index is 6.45. The van der Waals surface area contributed by atoms with Crippen LogP contribution in [0.2, 0.25) is 0 Å². The van der Waals surface area contributed by atoms with E-state index in [0.29, 0.717) is 0 Å². The van der Waals surface area contributed by atoms with Gasteiger partial charge in [-0.1, -0.05) is 60.7 Å². The fourth-order valence-corrected chi connectivity index (χ4v) is 5.24. The number of furan rings is 2. The second-order valence-corrected chi connectivity index (χ2v) is 10.4. The smallest absolute Gasteiger partial charge is 0.456 e. The van der Waals surface area contributed by atoms with Gasteiger partial charge in [-0.25, -0.2) is 0 Å². The molecule has 0 atom stereocenters. The lowest BCUT2D eigenvalue weighted by Crippen LogP contribution is -2.41. The number of para-hydroxylation sites is 2. The van der Waals surface area contributed by atoms with Crippen molar-refractivity contribution in [3.8, 4) is 11.1 Å². The lowest BCUT2D eigenvalue weighted by Gasteiger charge is -2.32. The lowest BCUT2D eigenvalue weighted by atomic mass is 9.76. The Morgan fingerprint density at radius 2 is 1.14 bits per heavy atom. The third-order valence-corrected chi connectivity index (χ3v) is 7.76. The van der Waals surface area contributed by atoms with Crippen LogP contribution in [0.5, 0.6) is 0 Å². The molecule has 7 rings (SSSR count). The van der Waals surface area contributed by atoms with Crippen molar-refractivity contribution in [1.82, 2.24) is 0 Å². The van der Waals surface area contributed by atoms with Gasteiger partial charge in [0.25, 0.3) is 0 Å². The highest BCUT2D eigenvalue weighted by Crippen LogP contribution is 2.42. The average Bonchev–Trinajstić information content (AvgIpc) is 3.47. The van der Waals surface area contributed by atoms with Crippen molar-refractivity contribution in [2.24, 2.45) is 0 Å². The van der Waals surface area contributed by atoms with Gasteiger partial charge in [0.1, 0.15) is 22.3 Å². The van der Waals surface area contributed by atoms with Crippen LogP contribution in [0.1, 0.15) is 27.7 Å². The summed E-state index contributed by atoms with van der Waals surface area (Å²) < 4.78 is 25.6. The van der Waals surface area contributed by atoms with Crippen LogP contribution in [0.3, 0.4) is 0 Å². The highest BCUT2D eigenvalue weighted by atomic mass is 16.7. The van der Waals surface area contributed by atoms with Gasteiger partial charge in [0.15, 0.2) is 0 Å². The molecule has 0 aliphatic carbocycles. The second-order valence-electron chi connectivity index (χ2n) is 10.4. The van der Waals surface area contributed by atoms with Crippen molar-refractivity contribution in [3.05, 3.63) is 78.9 Å². The molecule has 0 spiro atoms. The van der Waals surface area contributed by atoms with E-state index in [-0.39, 0.29) is 0 Å². The van der Waals surface area contributed by atoms with Crippen LogP contribution in [0.25, 0.3) is 55.0 Å². The molecule has 0 unspecified atom stereocenters. The van der Waals surface area contributed by atoms with Crippen LogP contribution in [0, 0.1) is 0 Å². The molecule has 2 aromatic heterocycles. The molecule has 0 N–H and O–H groups in total. The molecule has 0 bridgehead atoms. The Morgan fingerprint density at radius 3 is 1.94 bits per heavy atom. The predicted octanol–water partition coefficient (Wildman–Crippen LogP) is 7.45. The summed E-state index contributed by atoms with van der Waals surface area (Å²) in [5.41, 5.74) is 5.63. The van der Waals surface area contributed by atoms with Crippen molar-refractivity contribution in [3.63, 3.8) is 0 Å². The maximum atomic E-state index is 6.45. The highest BCUT2D eigenvalue weighted by molar-refractivity contribution is 6.66. The Bertz CT molecular complexity index is 1760. The van der Waals surface area contributed by atoms with E-state index < -0.39 is 18.3 Å². The Balaban J connectivity index is 1.53. The van der Waals surface area contributed by atoms with Gasteiger partial charge >= 0.3 is 7.12 Å². The van der Waals surface area contributed by atoms with Crippen molar-refractivity contribution in [1.29, 1.82) is 0 Å². The Hall–Kier alpha value is -3.54. The largest absolute Gasteiger partial charge is 0.495 e. The molecule has 1 aliphatic rings. The summed E-state index contributed by atoms with van der Waals surface area (Å²) in [5.74, 6) is 0. The van der Waals surface area contributed by atoms with Gasteiger partial charge in [0, 0.05) is 27.1 Å². The van der Waals surface area contributed by atoms with Crippen LogP contribution < -0.4 is 5.46 Å². The van der Waals surface area contributed by atoms with Crippen molar-refractivity contribution >= 4 is 56.5 Å². The molecule has 3 heterocycles. The molecule has 0 amide bonds. The lowest BCUT2D eigenvalue weighted by molar-refractivity contribution is 0.00578. The maximum Gasteiger partial charge on any atom is 0.495 e. The van der Waals surface area contributed by atoms with E-state index in [4.69, 9.17) is 18.1 Å². The van der Waals surface area contributed by atoms with Crippen molar-refractivity contribution < 1.29 is 18.1 Å². The van der Waals surface area contributed by atoms with Gasteiger partial charge in [0.2, 0.25) is 0 Å². The first-order chi connectivity index (χ1) is 16.8. The van der Waals surface area contributed by atoms with Crippen LogP contribution in [-0.4, -0.2) is 18.3 Å². The summed E-state index contributed by atoms with van der Waals surface area (Å²) in [7, 11) is -0.487. The molecule has 0 saturated carbocycles. The third kappa shape index (κ3) is 2.89. The highest BCUT2D eigenvalue weighted by Gasteiger charge is 2.52. The summed E-state index contributed by atoms with van der Waals surface area (Å²) in [6.07, 6.45) is 0. The predicted molar refractivity (Wildman–Crippen MR) is 142 cm³/mol. The van der Waals surface area contributed by atoms with E-state index >= 15 is 0 Å². The van der Waals surface area contributed by atoms with Gasteiger partial charge in [-0.3, -0.25) is 0 Å². The number of rotatable bonds is 2. The minimum Gasteiger partial charge on any atom is -0.456 e. The van der Waals surface area contributed by atoms with E-state index in [1.54, 1.807) is 0 Å². The Labute approximate surface area is 203 Å². The Morgan fingerprint density at radius 1 is 0.543 bits per heavy atom. The van der Waals surface area contributed by atoms with Crippen molar-refractivity contribution in [2.75, 3.05) is 0 Å². The molecule has 35 heavy (non-hydrogen) atoms. The third-order valence-electron chi connectivity index (χ3n) is 7.76. The van der Waals surface area contributed by atoms with Crippen LogP contribution in [0.15, 0.2) is 87.7 Å². The molecular weight excluding hydrogens is 435 g/mol. The van der Waals surface area contributed by atoms with Gasteiger partial charge in [-0.15, -0.1) is 0 Å². The number of hydrogen-bond donors (Lipinski definition) is 0. The molecule has 1 fully saturated rings. The van der Waals surface area contributed by atoms with Crippen molar-refractivity contribution in [2.45, 2.75) is 38.9 Å². The molecular formula is C30H25BO4. The van der Waals surface area contributed by atoms with Gasteiger partial charge in [0.05, 0.1) is 11.2 Å². The zero-order chi connectivity index (χ0) is 23.9. The van der Waals surface area contributed by atoms with Crippen LogP contribution in [0.4, 0.5) is 0 Å². The standard InChI is InChI=1S/C30H25BO4/c1-29(2)30(3,4)35-31(34-29)22-14-9-17-25-27(22)26-19(11-8-16-24(26)32-25)21-13-7-12-20-18-10-5-6-15-23(18)33-28(20)21/h5-17H,1-4H3. The van der Waals surface area contributed by atoms with E-state index in [0.717, 1.165) is 60.5 Å². The molecule has 1 aliphatic heterocycles. The zero-order valence-corrected chi connectivity index (χ0v) is 20.2. The summed E-state index contributed by atoms with van der Waals surface area (Å²) >= 11 is 0. The quantitative estimate of drug-likeness (QED) is 0.252. The fraction of sp³-hybridized carbons (Fsp3) is 0.200. The van der Waals surface area contributed by atoms with Crippen LogP contribution >= 0.6 is 0 Å². The molecule has 0 radical (unpaired) electrons. The van der Waals surface area contributed by atoms with E-state index in [1.165, 1.54) is 0 Å². The molecule has 1 saturated heterocycles. The topological polar surface area (TPSA) is 44.7 Å². The normalized spacial score (nSPS) is 17.3. The fourth-order valence-electron chi connectivity index (χ4n) is 5.24. The Kier molecular flexibility index (Phi) is 4.16. The second kappa shape index (κ2) is 7.00. The molecule has 6 aromatic rings. The first-order valence-corrected chi connectivity index (χ1v) is 12.0. The summed E-state index contributed by atoms with van der Waals surface area (Å²) in [4.78, 5) is 0. The first-order valence-electron chi connectivity index (χ1n) is 12.0. The zero-order valence-electron chi connectivity index (χ0n) is 20.2. The molecule has 4 nitrogen and oxygen atoms in total.